The molecule has 0 saturated heterocycles. The summed E-state index contributed by atoms with van der Waals surface area (Å²) in [6.45, 7) is 8.00. The highest BCUT2D eigenvalue weighted by Crippen LogP contribution is 2.45. The molecule has 0 spiro atoms. The molecule has 0 heterocycles. The van der Waals surface area contributed by atoms with E-state index in [0.717, 1.165) is 6.42 Å². The minimum absolute atomic E-state index is 0.485. The summed E-state index contributed by atoms with van der Waals surface area (Å²) in [4.78, 5) is 0. The van der Waals surface area contributed by atoms with Crippen LogP contribution in [0.15, 0.2) is 194 Å². The monoisotopic (exact) mass is 694 g/mol. The van der Waals surface area contributed by atoms with Gasteiger partial charge in [-0.15, -0.1) is 0 Å². The van der Waals surface area contributed by atoms with Gasteiger partial charge in [0, 0.05) is 5.92 Å². The fourth-order valence-corrected chi connectivity index (χ4v) is 8.37. The number of benzene rings is 8. The second kappa shape index (κ2) is 15.4. The fraction of sp³-hybridized carbons (Fsp3) is 0.111. The third-order valence-electron chi connectivity index (χ3n) is 10.8. The van der Waals surface area contributed by atoms with Gasteiger partial charge < -0.3 is 0 Å². The fourth-order valence-electron chi connectivity index (χ4n) is 8.37. The Hall–Kier alpha value is -6.24. The van der Waals surface area contributed by atoms with Crippen molar-refractivity contribution in [1.29, 1.82) is 0 Å². The van der Waals surface area contributed by atoms with Gasteiger partial charge in [0.1, 0.15) is 0 Å². The van der Waals surface area contributed by atoms with Crippen molar-refractivity contribution in [2.24, 2.45) is 5.92 Å². The largest absolute Gasteiger partial charge is 0.0830 e. The first-order valence-corrected chi connectivity index (χ1v) is 19.6. The van der Waals surface area contributed by atoms with Crippen LogP contribution in [-0.2, 0) is 0 Å². The van der Waals surface area contributed by atoms with Crippen molar-refractivity contribution in [2.75, 3.05) is 0 Å². The summed E-state index contributed by atoms with van der Waals surface area (Å²) < 4.78 is 0. The molecule has 0 heteroatoms. The maximum absolute atomic E-state index is 2.35. The summed E-state index contributed by atoms with van der Waals surface area (Å²) in [5, 5.41) is 10.2. The predicted molar refractivity (Wildman–Crippen MR) is 238 cm³/mol. The number of rotatable bonds is 4. The maximum atomic E-state index is 2.35. The van der Waals surface area contributed by atoms with Gasteiger partial charge in [0.05, 0.1) is 0 Å². The van der Waals surface area contributed by atoms with Crippen LogP contribution >= 0.6 is 0 Å². The molecule has 8 aromatic carbocycles. The number of allylic oxidation sites excluding steroid dienone is 8. The molecule has 0 fully saturated rings. The second-order valence-electron chi connectivity index (χ2n) is 13.6. The molecule has 0 radical (unpaired) electrons. The molecule has 0 saturated carbocycles. The van der Waals surface area contributed by atoms with Crippen LogP contribution in [-0.4, -0.2) is 0 Å². The van der Waals surface area contributed by atoms with Crippen LogP contribution in [0.25, 0.3) is 82.0 Å². The molecule has 0 nitrogen and oxygen atoms in total. The molecule has 0 N–H and O–H groups in total. The third kappa shape index (κ3) is 6.18. The molecule has 10 rings (SSSR count). The molecule has 1 atom stereocenters. The first-order chi connectivity index (χ1) is 26.8. The number of hydrogen-bond donors (Lipinski definition) is 0. The van der Waals surface area contributed by atoms with Crippen LogP contribution in [0.2, 0.25) is 0 Å². The molecular weight excluding hydrogens is 649 g/mol. The minimum Gasteiger partial charge on any atom is -0.0830 e. The Kier molecular flexibility index (Phi) is 9.93. The van der Waals surface area contributed by atoms with Gasteiger partial charge in [-0.25, -0.2) is 0 Å². The van der Waals surface area contributed by atoms with Gasteiger partial charge in [-0.05, 0) is 112 Å². The molecular formula is C54H46. The SMILES string of the molecule is C1=CC2=C(c3ccc4cc(-c5ccc(-c6c7ccccc7c(-c7cccc8ccccc78)c7ccccc67)cc5)ccc4c3)C=CCC2C=C1.CC.CC. The van der Waals surface area contributed by atoms with E-state index in [9.17, 15) is 0 Å². The van der Waals surface area contributed by atoms with Crippen LogP contribution in [0.1, 0.15) is 39.7 Å². The standard InChI is InChI=1S/C50H34.2C2H6/c1-3-15-41-34(11-1)13-9-21-43(41)40-30-29-38-31-37(27-28-39(38)32-40)33-23-25-36(26-24-33)49-45-17-5-7-19-47(45)50(48-20-8-6-18-46(48)49)44-22-10-14-35-12-2-4-16-42(35)44;2*1-2/h1-12,14-32,34H,13H2;2*1-2H3. The summed E-state index contributed by atoms with van der Waals surface area (Å²) in [5.41, 5.74) is 11.6. The smallest absolute Gasteiger partial charge is 0.00618 e. The van der Waals surface area contributed by atoms with E-state index in [-0.39, 0.29) is 0 Å². The van der Waals surface area contributed by atoms with E-state index in [1.165, 1.54) is 93.2 Å². The van der Waals surface area contributed by atoms with Gasteiger partial charge in [-0.3, -0.25) is 0 Å². The molecule has 1 unspecified atom stereocenters. The highest BCUT2D eigenvalue weighted by atomic mass is 14.2. The van der Waals surface area contributed by atoms with Crippen LogP contribution in [0.3, 0.4) is 0 Å². The Bertz CT molecular complexity index is 2700. The molecule has 262 valence electrons. The molecule has 0 aliphatic heterocycles. The van der Waals surface area contributed by atoms with Crippen LogP contribution < -0.4 is 0 Å². The zero-order valence-corrected chi connectivity index (χ0v) is 31.7. The molecule has 8 aromatic rings. The van der Waals surface area contributed by atoms with Crippen LogP contribution in [0.5, 0.6) is 0 Å². The highest BCUT2D eigenvalue weighted by Gasteiger charge is 2.20. The third-order valence-corrected chi connectivity index (χ3v) is 10.8. The van der Waals surface area contributed by atoms with Gasteiger partial charge in [-0.2, -0.15) is 0 Å². The highest BCUT2D eigenvalue weighted by molar-refractivity contribution is 6.23. The van der Waals surface area contributed by atoms with E-state index in [4.69, 9.17) is 0 Å². The Morgan fingerprint density at radius 1 is 0.407 bits per heavy atom. The van der Waals surface area contributed by atoms with Crippen molar-refractivity contribution < 1.29 is 0 Å². The van der Waals surface area contributed by atoms with E-state index in [0.29, 0.717) is 5.92 Å². The first kappa shape index (κ1) is 34.8. The lowest BCUT2D eigenvalue weighted by Gasteiger charge is -2.23. The Morgan fingerprint density at radius 3 is 1.63 bits per heavy atom. The quantitative estimate of drug-likeness (QED) is 0.161. The average molecular weight is 695 g/mol. The normalized spacial score (nSPS) is 14.5. The second-order valence-corrected chi connectivity index (χ2v) is 13.6. The summed E-state index contributed by atoms with van der Waals surface area (Å²) in [5.74, 6) is 0.485. The topological polar surface area (TPSA) is 0 Å². The van der Waals surface area contributed by atoms with Crippen molar-refractivity contribution in [1.82, 2.24) is 0 Å². The first-order valence-electron chi connectivity index (χ1n) is 19.6. The van der Waals surface area contributed by atoms with Crippen molar-refractivity contribution in [3.8, 4) is 33.4 Å². The lowest BCUT2D eigenvalue weighted by molar-refractivity contribution is 0.784. The number of fused-ring (bicyclic) bond motifs is 5. The summed E-state index contributed by atoms with van der Waals surface area (Å²) >= 11 is 0. The average Bonchev–Trinajstić information content (AvgIpc) is 3.26. The minimum atomic E-state index is 0.485. The lowest BCUT2D eigenvalue weighted by atomic mass is 9.81. The lowest BCUT2D eigenvalue weighted by Crippen LogP contribution is -2.06. The van der Waals surface area contributed by atoms with Crippen molar-refractivity contribution in [3.05, 3.63) is 199 Å². The van der Waals surface area contributed by atoms with Crippen molar-refractivity contribution in [3.63, 3.8) is 0 Å². The molecule has 2 aliphatic rings. The molecule has 0 aromatic heterocycles. The van der Waals surface area contributed by atoms with E-state index < -0.39 is 0 Å². The molecule has 0 amide bonds. The zero-order chi connectivity index (χ0) is 37.0. The van der Waals surface area contributed by atoms with Gasteiger partial charge in [0.2, 0.25) is 0 Å². The summed E-state index contributed by atoms with van der Waals surface area (Å²) in [6, 6.07) is 56.2. The van der Waals surface area contributed by atoms with Gasteiger partial charge >= 0.3 is 0 Å². The van der Waals surface area contributed by atoms with Gasteiger partial charge in [0.15, 0.2) is 0 Å². The summed E-state index contributed by atoms with van der Waals surface area (Å²) in [6.07, 6.45) is 14.6. The maximum Gasteiger partial charge on any atom is 0.00618 e. The number of hydrogen-bond acceptors (Lipinski definition) is 0. The Morgan fingerprint density at radius 2 is 0.944 bits per heavy atom. The molecule has 2 aliphatic carbocycles. The van der Waals surface area contributed by atoms with Gasteiger partial charge in [-0.1, -0.05) is 204 Å². The van der Waals surface area contributed by atoms with E-state index in [1.54, 1.807) is 0 Å². The zero-order valence-electron chi connectivity index (χ0n) is 31.7. The van der Waals surface area contributed by atoms with E-state index in [2.05, 4.69) is 188 Å². The van der Waals surface area contributed by atoms with Gasteiger partial charge in [0.25, 0.3) is 0 Å². The molecule has 54 heavy (non-hydrogen) atoms. The van der Waals surface area contributed by atoms with Crippen molar-refractivity contribution in [2.45, 2.75) is 34.1 Å². The van der Waals surface area contributed by atoms with Crippen LogP contribution in [0.4, 0.5) is 0 Å². The Labute approximate surface area is 320 Å². The predicted octanol–water partition coefficient (Wildman–Crippen LogP) is 15.8. The molecule has 0 bridgehead atoms. The van der Waals surface area contributed by atoms with E-state index >= 15 is 0 Å². The van der Waals surface area contributed by atoms with Crippen LogP contribution in [0, 0.1) is 5.92 Å². The van der Waals surface area contributed by atoms with E-state index in [1.807, 2.05) is 27.7 Å². The van der Waals surface area contributed by atoms with Crippen molar-refractivity contribution >= 4 is 48.7 Å². The summed E-state index contributed by atoms with van der Waals surface area (Å²) in [7, 11) is 0. The Balaban J connectivity index is 0.00000100.